The van der Waals surface area contributed by atoms with Gasteiger partial charge in [0, 0.05) is 26.2 Å². The Bertz CT molecular complexity index is 401. The van der Waals surface area contributed by atoms with Crippen LogP contribution in [0.5, 0.6) is 0 Å². The molecule has 1 fully saturated rings. The Morgan fingerprint density at radius 1 is 1.43 bits per heavy atom. The normalized spacial score (nSPS) is 20.2. The van der Waals surface area contributed by atoms with E-state index in [0.29, 0.717) is 12.0 Å². The van der Waals surface area contributed by atoms with Crippen molar-refractivity contribution in [1.29, 1.82) is 0 Å². The summed E-state index contributed by atoms with van der Waals surface area (Å²) in [5, 5.41) is 3.47. The third-order valence-corrected chi connectivity index (χ3v) is 4.21. The average Bonchev–Trinajstić information content (AvgIpc) is 2.54. The first-order valence-corrected chi connectivity index (χ1v) is 8.22. The topological polar surface area (TPSA) is 37.4 Å². The number of rotatable bonds is 7. The molecule has 0 spiro atoms. The van der Waals surface area contributed by atoms with Crippen LogP contribution in [-0.4, -0.2) is 38.3 Å². The molecule has 1 saturated heterocycles. The molecule has 0 aromatic carbocycles. The molecule has 1 aliphatic rings. The van der Waals surface area contributed by atoms with Gasteiger partial charge in [-0.05, 0) is 43.9 Å². The minimum atomic E-state index is 0.362. The molecule has 2 rings (SSSR count). The minimum absolute atomic E-state index is 0.362. The molecule has 2 atom stereocenters. The first-order valence-electron chi connectivity index (χ1n) is 8.22. The number of nitrogens with zero attached hydrogens (tertiary/aromatic N) is 2. The molecule has 2 unspecified atom stereocenters. The van der Waals surface area contributed by atoms with Gasteiger partial charge in [-0.2, -0.15) is 0 Å². The molecule has 0 amide bonds. The molecule has 0 aliphatic carbocycles. The van der Waals surface area contributed by atoms with Gasteiger partial charge in [-0.15, -0.1) is 0 Å². The fourth-order valence-corrected chi connectivity index (χ4v) is 2.98. The van der Waals surface area contributed by atoms with E-state index in [2.05, 4.69) is 48.2 Å². The number of hydrogen-bond acceptors (Lipinski definition) is 4. The molecule has 1 N–H and O–H groups in total. The number of pyridine rings is 1. The van der Waals surface area contributed by atoms with Crippen molar-refractivity contribution in [3.05, 3.63) is 24.0 Å². The lowest BCUT2D eigenvalue weighted by Gasteiger charge is -2.28. The van der Waals surface area contributed by atoms with Crippen molar-refractivity contribution in [3.63, 3.8) is 0 Å². The third-order valence-electron chi connectivity index (χ3n) is 4.21. The van der Waals surface area contributed by atoms with Crippen LogP contribution in [0.3, 0.4) is 0 Å². The van der Waals surface area contributed by atoms with Gasteiger partial charge in [0.1, 0.15) is 0 Å². The van der Waals surface area contributed by atoms with Crippen molar-refractivity contribution in [1.82, 2.24) is 10.3 Å². The average molecular weight is 291 g/mol. The number of ether oxygens (including phenoxy) is 1. The summed E-state index contributed by atoms with van der Waals surface area (Å²) < 4.78 is 5.56. The second-order valence-corrected chi connectivity index (χ2v) is 5.92. The standard InChI is InChI=1S/C17H29N3O/c1-4-16(18-5-2)17-9-8-15(11-19-17)20(3)12-14-7-6-10-21-13-14/h8-9,11,14,16,18H,4-7,10,12-13H2,1-3H3. The van der Waals surface area contributed by atoms with Crippen LogP contribution in [0.25, 0.3) is 0 Å². The van der Waals surface area contributed by atoms with E-state index in [9.17, 15) is 0 Å². The monoisotopic (exact) mass is 291 g/mol. The molecular weight excluding hydrogens is 262 g/mol. The summed E-state index contributed by atoms with van der Waals surface area (Å²) in [6.07, 6.45) is 5.53. The number of hydrogen-bond donors (Lipinski definition) is 1. The highest BCUT2D eigenvalue weighted by Gasteiger charge is 2.16. The van der Waals surface area contributed by atoms with Crippen molar-refractivity contribution < 1.29 is 4.74 Å². The predicted octanol–water partition coefficient (Wildman–Crippen LogP) is 3.01. The van der Waals surface area contributed by atoms with Crippen LogP contribution >= 0.6 is 0 Å². The van der Waals surface area contributed by atoms with Crippen molar-refractivity contribution >= 4 is 5.69 Å². The van der Waals surface area contributed by atoms with Crippen LogP contribution in [0.15, 0.2) is 18.3 Å². The molecule has 0 radical (unpaired) electrons. The van der Waals surface area contributed by atoms with Crippen molar-refractivity contribution in [2.45, 2.75) is 39.2 Å². The Hall–Kier alpha value is -1.13. The van der Waals surface area contributed by atoms with Gasteiger partial charge < -0.3 is 15.0 Å². The fraction of sp³-hybridized carbons (Fsp3) is 0.706. The quantitative estimate of drug-likeness (QED) is 0.838. The van der Waals surface area contributed by atoms with Crippen LogP contribution in [0.1, 0.15) is 44.8 Å². The molecular formula is C17H29N3O. The van der Waals surface area contributed by atoms with Gasteiger partial charge in [-0.3, -0.25) is 4.98 Å². The Kier molecular flexibility index (Phi) is 6.46. The van der Waals surface area contributed by atoms with Crippen LogP contribution in [-0.2, 0) is 4.74 Å². The van der Waals surface area contributed by atoms with Crippen molar-refractivity contribution in [2.75, 3.05) is 38.3 Å². The smallest absolute Gasteiger partial charge is 0.0574 e. The van der Waals surface area contributed by atoms with Gasteiger partial charge in [0.25, 0.3) is 0 Å². The lowest BCUT2D eigenvalue weighted by atomic mass is 10.0. The Balaban J connectivity index is 1.93. The van der Waals surface area contributed by atoms with Crippen LogP contribution in [0.4, 0.5) is 5.69 Å². The summed E-state index contributed by atoms with van der Waals surface area (Å²) >= 11 is 0. The second kappa shape index (κ2) is 8.35. The maximum Gasteiger partial charge on any atom is 0.0574 e. The molecule has 0 saturated carbocycles. The summed E-state index contributed by atoms with van der Waals surface area (Å²) in [7, 11) is 2.15. The maximum absolute atomic E-state index is 5.56. The second-order valence-electron chi connectivity index (χ2n) is 5.92. The molecule has 4 heteroatoms. The van der Waals surface area contributed by atoms with Gasteiger partial charge >= 0.3 is 0 Å². The Morgan fingerprint density at radius 3 is 2.86 bits per heavy atom. The predicted molar refractivity (Wildman–Crippen MR) is 87.8 cm³/mol. The lowest BCUT2D eigenvalue weighted by Crippen LogP contribution is -2.31. The van der Waals surface area contributed by atoms with E-state index < -0.39 is 0 Å². The maximum atomic E-state index is 5.56. The summed E-state index contributed by atoms with van der Waals surface area (Å²) in [6.45, 7) is 8.18. The van der Waals surface area contributed by atoms with Crippen LogP contribution in [0, 0.1) is 5.92 Å². The molecule has 4 nitrogen and oxygen atoms in total. The van der Waals surface area contributed by atoms with Gasteiger partial charge in [0.05, 0.1) is 24.2 Å². The fourth-order valence-electron chi connectivity index (χ4n) is 2.98. The molecule has 0 bridgehead atoms. The Morgan fingerprint density at radius 2 is 2.29 bits per heavy atom. The molecule has 1 aromatic heterocycles. The zero-order chi connectivity index (χ0) is 15.1. The number of aromatic nitrogens is 1. The van der Waals surface area contributed by atoms with Crippen LogP contribution in [0.2, 0.25) is 0 Å². The first-order chi connectivity index (χ1) is 10.2. The van der Waals surface area contributed by atoms with Crippen molar-refractivity contribution in [2.24, 2.45) is 5.92 Å². The highest BCUT2D eigenvalue weighted by atomic mass is 16.5. The van der Waals surface area contributed by atoms with Crippen molar-refractivity contribution in [3.8, 4) is 0 Å². The SMILES string of the molecule is CCNC(CC)c1ccc(N(C)CC2CCCOC2)cn1. The van der Waals surface area contributed by atoms with Gasteiger partial charge in [0.2, 0.25) is 0 Å². The summed E-state index contributed by atoms with van der Waals surface area (Å²) in [4.78, 5) is 6.94. The molecule has 1 aliphatic heterocycles. The summed E-state index contributed by atoms with van der Waals surface area (Å²) in [6, 6.07) is 4.70. The summed E-state index contributed by atoms with van der Waals surface area (Å²) in [5.41, 5.74) is 2.33. The van der Waals surface area contributed by atoms with E-state index >= 15 is 0 Å². The van der Waals surface area contributed by atoms with E-state index in [0.717, 1.165) is 38.4 Å². The largest absolute Gasteiger partial charge is 0.381 e. The van der Waals surface area contributed by atoms with E-state index in [4.69, 9.17) is 4.74 Å². The van der Waals surface area contributed by atoms with E-state index in [-0.39, 0.29) is 0 Å². The zero-order valence-corrected chi connectivity index (χ0v) is 13.6. The van der Waals surface area contributed by atoms with Gasteiger partial charge in [0.15, 0.2) is 0 Å². The van der Waals surface area contributed by atoms with E-state index in [1.54, 1.807) is 0 Å². The third kappa shape index (κ3) is 4.68. The van der Waals surface area contributed by atoms with E-state index in [1.165, 1.54) is 18.5 Å². The first kappa shape index (κ1) is 16.2. The number of nitrogens with one attached hydrogen (secondary N) is 1. The van der Waals surface area contributed by atoms with Gasteiger partial charge in [-0.25, -0.2) is 0 Å². The highest BCUT2D eigenvalue weighted by molar-refractivity contribution is 5.44. The van der Waals surface area contributed by atoms with Crippen LogP contribution < -0.4 is 10.2 Å². The number of anilines is 1. The van der Waals surface area contributed by atoms with E-state index in [1.807, 2.05) is 6.20 Å². The molecule has 118 valence electrons. The molecule has 1 aromatic rings. The van der Waals surface area contributed by atoms with Gasteiger partial charge in [-0.1, -0.05) is 13.8 Å². The Labute approximate surface area is 128 Å². The lowest BCUT2D eigenvalue weighted by molar-refractivity contribution is 0.0576. The molecule has 21 heavy (non-hydrogen) atoms. The summed E-state index contributed by atoms with van der Waals surface area (Å²) in [5.74, 6) is 0.647. The zero-order valence-electron chi connectivity index (χ0n) is 13.6. The minimum Gasteiger partial charge on any atom is -0.381 e. The molecule has 2 heterocycles. The highest BCUT2D eigenvalue weighted by Crippen LogP contribution is 2.21.